The van der Waals surface area contributed by atoms with E-state index < -0.39 is 0 Å². The summed E-state index contributed by atoms with van der Waals surface area (Å²) >= 11 is 3.57. The Hall–Kier alpha value is -0.0500. The summed E-state index contributed by atoms with van der Waals surface area (Å²) in [6.45, 7) is 2.36. The molecule has 0 bridgehead atoms. The Morgan fingerprint density at radius 3 is 2.87 bits per heavy atom. The van der Waals surface area contributed by atoms with E-state index in [9.17, 15) is 0 Å². The van der Waals surface area contributed by atoms with Crippen molar-refractivity contribution in [2.75, 3.05) is 13.1 Å². The largest absolute Gasteiger partial charge is 0.316 e. The predicted molar refractivity (Wildman–Crippen MR) is 68.9 cm³/mol. The van der Waals surface area contributed by atoms with Gasteiger partial charge >= 0.3 is 0 Å². The summed E-state index contributed by atoms with van der Waals surface area (Å²) in [5.41, 5.74) is 3.63. The maximum Gasteiger partial charge on any atom is 0.0178 e. The molecule has 2 aliphatic rings. The normalized spacial score (nSPS) is 27.8. The van der Waals surface area contributed by atoms with Gasteiger partial charge in [-0.05, 0) is 49.1 Å². The lowest BCUT2D eigenvalue weighted by atomic mass is 9.81. The quantitative estimate of drug-likeness (QED) is 0.774. The van der Waals surface area contributed by atoms with Crippen LogP contribution >= 0.6 is 28.3 Å². The van der Waals surface area contributed by atoms with Gasteiger partial charge in [0.25, 0.3) is 0 Å². The third-order valence-corrected chi connectivity index (χ3v) is 4.25. The van der Waals surface area contributed by atoms with Gasteiger partial charge in [-0.25, -0.2) is 0 Å². The van der Waals surface area contributed by atoms with E-state index in [0.717, 1.165) is 0 Å². The lowest BCUT2D eigenvalue weighted by Gasteiger charge is -2.23. The van der Waals surface area contributed by atoms with E-state index >= 15 is 0 Å². The Kier molecular flexibility index (Phi) is 3.11. The number of hydrogen-bond acceptors (Lipinski definition) is 1. The number of halogens is 2. The van der Waals surface area contributed by atoms with E-state index in [1.54, 1.807) is 11.1 Å². The second-order valence-electron chi connectivity index (χ2n) is 4.51. The van der Waals surface area contributed by atoms with Crippen LogP contribution in [-0.4, -0.2) is 13.1 Å². The first-order valence-corrected chi connectivity index (χ1v) is 6.09. The van der Waals surface area contributed by atoms with E-state index in [0.29, 0.717) is 5.41 Å². The molecule has 0 amide bonds. The van der Waals surface area contributed by atoms with Gasteiger partial charge in [0.05, 0.1) is 0 Å². The Balaban J connectivity index is 0.000000853. The van der Waals surface area contributed by atoms with Crippen LogP contribution < -0.4 is 5.32 Å². The number of aryl methyl sites for hydroxylation is 1. The van der Waals surface area contributed by atoms with E-state index in [1.807, 2.05) is 0 Å². The number of hydrogen-bond donors (Lipinski definition) is 1. The first-order chi connectivity index (χ1) is 6.80. The highest BCUT2D eigenvalue weighted by atomic mass is 79.9. The third kappa shape index (κ3) is 1.73. The van der Waals surface area contributed by atoms with Crippen LogP contribution in [0.5, 0.6) is 0 Å². The molecule has 1 nitrogen and oxygen atoms in total. The minimum absolute atomic E-state index is 0. The van der Waals surface area contributed by atoms with Crippen LogP contribution in [0.4, 0.5) is 0 Å². The monoisotopic (exact) mass is 287 g/mol. The van der Waals surface area contributed by atoms with Gasteiger partial charge in [0.1, 0.15) is 0 Å². The van der Waals surface area contributed by atoms with Crippen molar-refractivity contribution in [1.29, 1.82) is 0 Å². The molecule has 1 saturated heterocycles. The van der Waals surface area contributed by atoms with Crippen molar-refractivity contribution in [2.45, 2.75) is 24.7 Å². The van der Waals surface area contributed by atoms with Crippen molar-refractivity contribution < 1.29 is 0 Å². The summed E-state index contributed by atoms with van der Waals surface area (Å²) in [4.78, 5) is 0. The molecular formula is C12H15BrClN. The molecular weight excluding hydrogens is 273 g/mol. The summed E-state index contributed by atoms with van der Waals surface area (Å²) in [7, 11) is 0. The van der Waals surface area contributed by atoms with Crippen LogP contribution in [0, 0.1) is 0 Å². The predicted octanol–water partition coefficient (Wildman–Crippen LogP) is 3.05. The average Bonchev–Trinajstić information content (AvgIpc) is 2.77. The topological polar surface area (TPSA) is 12.0 Å². The van der Waals surface area contributed by atoms with Crippen molar-refractivity contribution in [1.82, 2.24) is 5.32 Å². The third-order valence-electron chi connectivity index (χ3n) is 3.76. The van der Waals surface area contributed by atoms with Gasteiger partial charge in [0.15, 0.2) is 0 Å². The summed E-state index contributed by atoms with van der Waals surface area (Å²) in [5.74, 6) is 0. The van der Waals surface area contributed by atoms with E-state index in [1.165, 1.54) is 36.8 Å². The summed E-state index contributed by atoms with van der Waals surface area (Å²) in [6.07, 6.45) is 3.92. The van der Waals surface area contributed by atoms with Gasteiger partial charge in [-0.2, -0.15) is 0 Å². The molecule has 0 aromatic heterocycles. The van der Waals surface area contributed by atoms with Gasteiger partial charge in [0.2, 0.25) is 0 Å². The van der Waals surface area contributed by atoms with Crippen molar-refractivity contribution in [3.63, 3.8) is 0 Å². The zero-order chi connectivity index (χ0) is 9.60. The number of nitrogens with one attached hydrogen (secondary N) is 1. The summed E-state index contributed by atoms with van der Waals surface area (Å²) < 4.78 is 1.23. The van der Waals surface area contributed by atoms with Gasteiger partial charge in [-0.1, -0.05) is 22.0 Å². The lowest BCUT2D eigenvalue weighted by Crippen LogP contribution is -2.25. The smallest absolute Gasteiger partial charge is 0.0178 e. The highest BCUT2D eigenvalue weighted by molar-refractivity contribution is 9.10. The molecule has 15 heavy (non-hydrogen) atoms. The molecule has 0 saturated carbocycles. The first-order valence-electron chi connectivity index (χ1n) is 5.30. The van der Waals surface area contributed by atoms with E-state index in [2.05, 4.69) is 39.4 Å². The van der Waals surface area contributed by atoms with Gasteiger partial charge in [0, 0.05) is 16.4 Å². The fourth-order valence-corrected chi connectivity index (χ4v) is 3.32. The molecule has 1 fully saturated rings. The average molecular weight is 289 g/mol. The van der Waals surface area contributed by atoms with Crippen molar-refractivity contribution in [2.24, 2.45) is 0 Å². The fourth-order valence-electron chi connectivity index (χ4n) is 2.96. The maximum absolute atomic E-state index is 3.57. The van der Waals surface area contributed by atoms with Crippen LogP contribution in [-0.2, 0) is 11.8 Å². The molecule has 1 atom stereocenters. The highest BCUT2D eigenvalue weighted by Crippen LogP contribution is 2.43. The molecule has 0 radical (unpaired) electrons. The SMILES string of the molecule is Brc1ccc2c(c1)C1(CCNC1)CC2.Cl. The minimum atomic E-state index is 0. The highest BCUT2D eigenvalue weighted by Gasteiger charge is 2.40. The van der Waals surface area contributed by atoms with Crippen LogP contribution in [0.15, 0.2) is 22.7 Å². The van der Waals surface area contributed by atoms with Crippen molar-refractivity contribution in [3.05, 3.63) is 33.8 Å². The Morgan fingerprint density at radius 2 is 2.13 bits per heavy atom. The van der Waals surface area contributed by atoms with Gasteiger partial charge in [-0.3, -0.25) is 0 Å². The van der Waals surface area contributed by atoms with Crippen LogP contribution in [0.2, 0.25) is 0 Å². The van der Waals surface area contributed by atoms with Crippen molar-refractivity contribution in [3.8, 4) is 0 Å². The molecule has 1 spiro atoms. The second kappa shape index (κ2) is 4.08. The molecule has 1 heterocycles. The Labute approximate surface area is 105 Å². The zero-order valence-corrected chi connectivity index (χ0v) is 11.0. The van der Waals surface area contributed by atoms with Crippen molar-refractivity contribution >= 4 is 28.3 Å². The number of benzene rings is 1. The van der Waals surface area contributed by atoms with Crippen LogP contribution in [0.3, 0.4) is 0 Å². The van der Waals surface area contributed by atoms with Crippen LogP contribution in [0.25, 0.3) is 0 Å². The fraction of sp³-hybridized carbons (Fsp3) is 0.500. The molecule has 1 aromatic rings. The first kappa shape index (κ1) is 11.4. The molecule has 1 N–H and O–H groups in total. The molecule has 1 aliphatic carbocycles. The molecule has 1 unspecified atom stereocenters. The molecule has 1 aliphatic heterocycles. The molecule has 3 heteroatoms. The summed E-state index contributed by atoms with van der Waals surface area (Å²) in [6, 6.07) is 6.78. The lowest BCUT2D eigenvalue weighted by molar-refractivity contribution is 0.468. The molecule has 3 rings (SSSR count). The van der Waals surface area contributed by atoms with E-state index in [-0.39, 0.29) is 12.4 Å². The standard InChI is InChI=1S/C12H14BrN.ClH/c13-10-2-1-9-3-4-12(11(9)7-10)5-6-14-8-12;/h1-2,7,14H,3-6,8H2;1H. The Morgan fingerprint density at radius 1 is 1.27 bits per heavy atom. The Bertz CT molecular complexity index is 372. The number of fused-ring (bicyclic) bond motifs is 2. The number of rotatable bonds is 0. The molecule has 1 aromatic carbocycles. The zero-order valence-electron chi connectivity index (χ0n) is 8.55. The minimum Gasteiger partial charge on any atom is -0.316 e. The second-order valence-corrected chi connectivity index (χ2v) is 5.42. The summed E-state index contributed by atoms with van der Waals surface area (Å²) in [5, 5.41) is 3.50. The molecule has 82 valence electrons. The van der Waals surface area contributed by atoms with E-state index in [4.69, 9.17) is 0 Å². The van der Waals surface area contributed by atoms with Gasteiger partial charge < -0.3 is 5.32 Å². The van der Waals surface area contributed by atoms with Gasteiger partial charge in [-0.15, -0.1) is 12.4 Å². The maximum atomic E-state index is 3.57. The van der Waals surface area contributed by atoms with Crippen LogP contribution in [0.1, 0.15) is 24.0 Å².